The Bertz CT molecular complexity index is 1570. The first-order valence-corrected chi connectivity index (χ1v) is 14.9. The number of rotatable bonds is 12. The average molecular weight is 585 g/mol. The molecule has 10 heteroatoms. The zero-order valence-corrected chi connectivity index (χ0v) is 24.4. The van der Waals surface area contributed by atoms with E-state index < -0.39 is 0 Å². The van der Waals surface area contributed by atoms with Crippen LogP contribution in [-0.4, -0.2) is 41.9 Å². The molecule has 0 spiro atoms. The van der Waals surface area contributed by atoms with Crippen LogP contribution in [-0.2, 0) is 35.3 Å². The minimum Gasteiger partial charge on any atom is -0.299 e. The summed E-state index contributed by atoms with van der Waals surface area (Å²) in [5, 5.41) is 35.8. The number of aryl methyl sites for hydroxylation is 2. The van der Waals surface area contributed by atoms with E-state index in [9.17, 15) is 9.59 Å². The molecule has 1 saturated carbocycles. The molecule has 0 amide bonds. The summed E-state index contributed by atoms with van der Waals surface area (Å²) in [5.74, 6) is 0.657. The highest BCUT2D eigenvalue weighted by atomic mass is 16.1. The lowest BCUT2D eigenvalue weighted by Gasteiger charge is -2.28. The Morgan fingerprint density at radius 1 is 0.636 bits per heavy atom. The number of pyridine rings is 2. The Kier molecular flexibility index (Phi) is 10.2. The predicted octanol–water partition coefficient (Wildman–Crippen LogP) is 4.73. The molecule has 10 nitrogen and oxygen atoms in total. The van der Waals surface area contributed by atoms with Crippen molar-refractivity contribution >= 4 is 11.6 Å². The second kappa shape index (κ2) is 14.8. The second-order valence-electron chi connectivity index (χ2n) is 11.1. The zero-order chi connectivity index (χ0) is 30.7. The lowest BCUT2D eigenvalue weighted by molar-refractivity contribution is -0.119. The Balaban J connectivity index is 1.08. The quantitative estimate of drug-likeness (QED) is 0.228. The largest absolute Gasteiger partial charge is 0.299 e. The number of Topliss-reactive ketones (excluding diaryl/α,β-unsaturated/α-hetero) is 2. The molecule has 4 aromatic rings. The van der Waals surface area contributed by atoms with Crippen molar-refractivity contribution in [3.63, 3.8) is 0 Å². The summed E-state index contributed by atoms with van der Waals surface area (Å²) in [6.07, 6.45) is 6.16. The molecule has 1 fully saturated rings. The topological polar surface area (TPSA) is 159 Å². The monoisotopic (exact) mass is 584 g/mol. The van der Waals surface area contributed by atoms with Crippen LogP contribution in [0.2, 0.25) is 0 Å². The van der Waals surface area contributed by atoms with Crippen LogP contribution in [0.4, 0.5) is 0 Å². The van der Waals surface area contributed by atoms with Gasteiger partial charge in [0.2, 0.25) is 0 Å². The highest BCUT2D eigenvalue weighted by Crippen LogP contribution is 2.39. The fourth-order valence-corrected chi connectivity index (χ4v) is 5.57. The van der Waals surface area contributed by atoms with Gasteiger partial charge in [0, 0.05) is 48.9 Å². The lowest BCUT2D eigenvalue weighted by atomic mass is 9.78. The van der Waals surface area contributed by atoms with Gasteiger partial charge in [-0.15, -0.1) is 0 Å². The smallest absolute Gasteiger partial charge is 0.140 e. The van der Waals surface area contributed by atoms with Gasteiger partial charge in [-0.2, -0.15) is 30.9 Å². The third-order valence-corrected chi connectivity index (χ3v) is 7.91. The molecule has 1 aliphatic carbocycles. The maximum Gasteiger partial charge on any atom is 0.140 e. The van der Waals surface area contributed by atoms with E-state index in [1.54, 1.807) is 36.4 Å². The van der Waals surface area contributed by atoms with Gasteiger partial charge in [-0.3, -0.25) is 9.59 Å². The highest BCUT2D eigenvalue weighted by molar-refractivity contribution is 5.81. The number of carbonyl (C=O) groups is 2. The minimum absolute atomic E-state index is 0.0481. The number of carbonyl (C=O) groups excluding carboxylic acids is 2. The van der Waals surface area contributed by atoms with Crippen LogP contribution in [0.5, 0.6) is 0 Å². The van der Waals surface area contributed by atoms with Crippen LogP contribution in [0, 0.1) is 22.7 Å². The summed E-state index contributed by atoms with van der Waals surface area (Å²) >= 11 is 0. The molecule has 0 radical (unpaired) electrons. The van der Waals surface area contributed by atoms with Crippen molar-refractivity contribution in [2.75, 3.05) is 0 Å². The molecule has 4 aromatic heterocycles. The molecule has 0 aromatic carbocycles. The van der Waals surface area contributed by atoms with E-state index in [1.807, 2.05) is 36.4 Å². The molecule has 220 valence electrons. The Morgan fingerprint density at radius 3 is 1.52 bits per heavy atom. The van der Waals surface area contributed by atoms with Crippen molar-refractivity contribution in [3.8, 4) is 12.1 Å². The molecule has 1 aliphatic rings. The number of nitrogens with zero attached hydrogens (tertiary/aromatic N) is 8. The molecule has 5 rings (SSSR count). The van der Waals surface area contributed by atoms with Crippen LogP contribution in [0.3, 0.4) is 0 Å². The predicted molar refractivity (Wildman–Crippen MR) is 160 cm³/mol. The van der Waals surface area contributed by atoms with Crippen molar-refractivity contribution in [3.05, 3.63) is 106 Å². The van der Waals surface area contributed by atoms with Crippen LogP contribution >= 0.6 is 0 Å². The van der Waals surface area contributed by atoms with Crippen LogP contribution in [0.15, 0.2) is 60.7 Å². The highest BCUT2D eigenvalue weighted by Gasteiger charge is 2.27. The van der Waals surface area contributed by atoms with Gasteiger partial charge in [-0.05, 0) is 80.6 Å². The normalized spacial score (nSPS) is 16.0. The van der Waals surface area contributed by atoms with Crippen molar-refractivity contribution in [1.82, 2.24) is 30.4 Å². The summed E-state index contributed by atoms with van der Waals surface area (Å²) in [6, 6.07) is 22.2. The number of nitriles is 2. The standard InChI is InChI=1S/C34H32N8O2/c35-21-29-8-2-6-27(37-29)19-31(43)14-10-25-12-16-33(41-39-25)23-4-1-5-24(18-23)34-17-13-26(40-42-34)11-15-32(44)20-28-7-3-9-30(22-36)38-28/h2-3,6-9,12-13,16-17,23-24H,1,4-5,10-11,14-15,18-20H2/t23-,24-/m0/s1. The molecule has 4 heterocycles. The number of hydrogen-bond donors (Lipinski definition) is 0. The molecule has 0 N–H and O–H groups in total. The average Bonchev–Trinajstić information content (AvgIpc) is 3.07. The first-order valence-electron chi connectivity index (χ1n) is 14.9. The minimum atomic E-state index is 0.0481. The fraction of sp³-hybridized carbons (Fsp3) is 0.353. The van der Waals surface area contributed by atoms with Gasteiger partial charge in [0.15, 0.2) is 0 Å². The van der Waals surface area contributed by atoms with Gasteiger partial charge in [-0.1, -0.05) is 18.6 Å². The third kappa shape index (κ3) is 8.42. The van der Waals surface area contributed by atoms with Crippen molar-refractivity contribution < 1.29 is 9.59 Å². The van der Waals surface area contributed by atoms with Crippen LogP contribution in [0.1, 0.15) is 95.9 Å². The Morgan fingerprint density at radius 2 is 1.11 bits per heavy atom. The first kappa shape index (κ1) is 30.2. The third-order valence-electron chi connectivity index (χ3n) is 7.91. The summed E-state index contributed by atoms with van der Waals surface area (Å²) in [4.78, 5) is 33.2. The van der Waals surface area contributed by atoms with E-state index in [-0.39, 0.29) is 36.2 Å². The Hall–Kier alpha value is -5.22. The molecule has 44 heavy (non-hydrogen) atoms. The fourth-order valence-electron chi connectivity index (χ4n) is 5.57. The number of hydrogen-bond acceptors (Lipinski definition) is 10. The molecule has 0 aliphatic heterocycles. The van der Waals surface area contributed by atoms with Gasteiger partial charge >= 0.3 is 0 Å². The molecule has 0 unspecified atom stereocenters. The lowest BCUT2D eigenvalue weighted by Crippen LogP contribution is -2.16. The van der Waals surface area contributed by atoms with Gasteiger partial charge < -0.3 is 0 Å². The van der Waals surface area contributed by atoms with Gasteiger partial charge in [-0.25, -0.2) is 9.97 Å². The first-order chi connectivity index (χ1) is 21.5. The maximum absolute atomic E-state index is 12.4. The molecule has 0 bridgehead atoms. The van der Waals surface area contributed by atoms with Crippen LogP contribution < -0.4 is 0 Å². The van der Waals surface area contributed by atoms with Crippen LogP contribution in [0.25, 0.3) is 0 Å². The van der Waals surface area contributed by atoms with Gasteiger partial charge in [0.05, 0.1) is 22.8 Å². The van der Waals surface area contributed by atoms with Crippen molar-refractivity contribution in [2.24, 2.45) is 0 Å². The summed E-state index contributed by atoms with van der Waals surface area (Å²) in [7, 11) is 0. The zero-order valence-electron chi connectivity index (χ0n) is 24.4. The molecular weight excluding hydrogens is 552 g/mol. The Labute approximate surface area is 256 Å². The summed E-state index contributed by atoms with van der Waals surface area (Å²) in [5.41, 5.74) is 5.30. The maximum atomic E-state index is 12.4. The van der Waals surface area contributed by atoms with Gasteiger partial charge in [0.25, 0.3) is 0 Å². The van der Waals surface area contributed by atoms with E-state index in [0.717, 1.165) is 48.5 Å². The molecule has 2 atom stereocenters. The van der Waals surface area contributed by atoms with E-state index >= 15 is 0 Å². The molecular formula is C34H32N8O2. The number of ketones is 2. The summed E-state index contributed by atoms with van der Waals surface area (Å²) in [6.45, 7) is 0. The van der Waals surface area contributed by atoms with Crippen molar-refractivity contribution in [1.29, 1.82) is 10.5 Å². The van der Waals surface area contributed by atoms with E-state index in [4.69, 9.17) is 10.5 Å². The van der Waals surface area contributed by atoms with E-state index in [0.29, 0.717) is 48.5 Å². The van der Waals surface area contributed by atoms with Gasteiger partial charge in [0.1, 0.15) is 35.1 Å². The van der Waals surface area contributed by atoms with Crippen molar-refractivity contribution in [2.45, 2.75) is 76.0 Å². The molecule has 0 saturated heterocycles. The van der Waals surface area contributed by atoms with E-state index in [2.05, 4.69) is 30.4 Å². The van der Waals surface area contributed by atoms with E-state index in [1.165, 1.54) is 0 Å². The number of aromatic nitrogens is 6. The SMILES string of the molecule is N#Cc1cccc(CC(=O)CCc2ccc([C@H]3CCC[C@H](c4ccc(CCC(=O)Cc5cccc(C#N)n5)nn4)C3)nn2)n1. The summed E-state index contributed by atoms with van der Waals surface area (Å²) < 4.78 is 0. The second-order valence-corrected chi connectivity index (χ2v) is 11.1.